The van der Waals surface area contributed by atoms with E-state index in [0.717, 1.165) is 18.5 Å². The monoisotopic (exact) mass is 325 g/mol. The highest BCUT2D eigenvalue weighted by Gasteiger charge is 2.43. The van der Waals surface area contributed by atoms with Gasteiger partial charge in [-0.25, -0.2) is 4.98 Å². The number of fused-ring (bicyclic) bond motifs is 1. The summed E-state index contributed by atoms with van der Waals surface area (Å²) in [5.74, 6) is 1.09. The third-order valence-corrected chi connectivity index (χ3v) is 5.11. The molecule has 2 fully saturated rings. The molecule has 24 heavy (non-hydrogen) atoms. The predicted octanol–water partition coefficient (Wildman–Crippen LogP) is 1.89. The minimum Gasteiger partial charge on any atom is -0.444 e. The van der Waals surface area contributed by atoms with Crippen LogP contribution in [-0.2, 0) is 4.79 Å². The highest BCUT2D eigenvalue weighted by Crippen LogP contribution is 2.32. The molecule has 0 bridgehead atoms. The molecule has 1 aromatic heterocycles. The number of hydrogen-bond donors (Lipinski definition) is 0. The van der Waals surface area contributed by atoms with E-state index in [1.807, 2.05) is 24.1 Å². The van der Waals surface area contributed by atoms with E-state index in [-0.39, 0.29) is 17.7 Å². The van der Waals surface area contributed by atoms with Crippen molar-refractivity contribution in [3.8, 4) is 11.3 Å². The Hall–Kier alpha value is -2.63. The third-order valence-electron chi connectivity index (χ3n) is 5.11. The summed E-state index contributed by atoms with van der Waals surface area (Å²) in [6.45, 7) is 1.98. The molecule has 6 nitrogen and oxygen atoms in total. The second-order valence-corrected chi connectivity index (χ2v) is 6.57. The van der Waals surface area contributed by atoms with Gasteiger partial charge in [0.05, 0.1) is 12.1 Å². The van der Waals surface area contributed by atoms with Crippen LogP contribution in [0.2, 0.25) is 0 Å². The average molecular weight is 325 g/mol. The summed E-state index contributed by atoms with van der Waals surface area (Å²) >= 11 is 0. The molecular formula is C18H19N3O3. The third kappa shape index (κ3) is 2.48. The fourth-order valence-corrected chi connectivity index (χ4v) is 3.68. The number of likely N-dealkylation sites (tertiary alicyclic amines) is 2. The topological polar surface area (TPSA) is 66.7 Å². The summed E-state index contributed by atoms with van der Waals surface area (Å²) < 4.78 is 5.26. The van der Waals surface area contributed by atoms with Crippen molar-refractivity contribution < 1.29 is 14.0 Å². The van der Waals surface area contributed by atoms with Crippen LogP contribution in [0.15, 0.2) is 41.3 Å². The molecule has 2 aliphatic rings. The second kappa shape index (κ2) is 5.78. The van der Waals surface area contributed by atoms with E-state index < -0.39 is 0 Å². The van der Waals surface area contributed by atoms with Gasteiger partial charge in [0, 0.05) is 37.8 Å². The van der Waals surface area contributed by atoms with Crippen molar-refractivity contribution in [2.75, 3.05) is 26.7 Å². The first kappa shape index (κ1) is 14.9. The van der Waals surface area contributed by atoms with Crippen LogP contribution in [-0.4, -0.2) is 53.3 Å². The zero-order valence-electron chi connectivity index (χ0n) is 13.5. The average Bonchev–Trinajstić information content (AvgIpc) is 3.27. The molecule has 0 aliphatic carbocycles. The molecule has 2 saturated heterocycles. The van der Waals surface area contributed by atoms with Crippen molar-refractivity contribution in [2.24, 2.45) is 11.8 Å². The smallest absolute Gasteiger partial charge is 0.253 e. The summed E-state index contributed by atoms with van der Waals surface area (Å²) in [6, 6.07) is 7.32. The van der Waals surface area contributed by atoms with Crippen molar-refractivity contribution in [3.05, 3.63) is 42.4 Å². The number of carbonyl (C=O) groups excluding carboxylic acids is 2. The molecule has 1 aromatic carbocycles. The van der Waals surface area contributed by atoms with Crippen LogP contribution >= 0.6 is 0 Å². The quantitative estimate of drug-likeness (QED) is 0.846. The van der Waals surface area contributed by atoms with E-state index in [1.165, 1.54) is 6.39 Å². The molecule has 2 atom stereocenters. The summed E-state index contributed by atoms with van der Waals surface area (Å²) in [5.41, 5.74) is 1.52. The normalized spacial score (nSPS) is 23.5. The van der Waals surface area contributed by atoms with Gasteiger partial charge in [-0.2, -0.15) is 0 Å². The van der Waals surface area contributed by atoms with Crippen molar-refractivity contribution in [3.63, 3.8) is 0 Å². The van der Waals surface area contributed by atoms with E-state index >= 15 is 0 Å². The molecular weight excluding hydrogens is 306 g/mol. The molecule has 0 unspecified atom stereocenters. The first-order valence-electron chi connectivity index (χ1n) is 8.16. The molecule has 6 heteroatoms. The Kier molecular flexibility index (Phi) is 3.59. The maximum absolute atomic E-state index is 12.7. The van der Waals surface area contributed by atoms with Crippen LogP contribution in [0.25, 0.3) is 11.3 Å². The van der Waals surface area contributed by atoms with Gasteiger partial charge >= 0.3 is 0 Å². The van der Waals surface area contributed by atoms with Crippen LogP contribution in [0, 0.1) is 11.8 Å². The van der Waals surface area contributed by atoms with Crippen molar-refractivity contribution in [2.45, 2.75) is 6.42 Å². The Balaban J connectivity index is 1.49. The first-order valence-corrected chi connectivity index (χ1v) is 8.16. The molecule has 0 N–H and O–H groups in total. The van der Waals surface area contributed by atoms with Crippen LogP contribution in [0.3, 0.4) is 0 Å². The maximum atomic E-state index is 12.7. The molecule has 0 spiro atoms. The molecule has 2 amide bonds. The van der Waals surface area contributed by atoms with E-state index in [9.17, 15) is 9.59 Å². The lowest BCUT2D eigenvalue weighted by Gasteiger charge is -2.30. The molecule has 0 radical (unpaired) electrons. The Labute approximate surface area is 140 Å². The van der Waals surface area contributed by atoms with Gasteiger partial charge in [-0.05, 0) is 24.5 Å². The van der Waals surface area contributed by atoms with Crippen LogP contribution in [0.4, 0.5) is 0 Å². The van der Waals surface area contributed by atoms with Crippen LogP contribution in [0.1, 0.15) is 16.8 Å². The summed E-state index contributed by atoms with van der Waals surface area (Å²) in [4.78, 5) is 32.5. The number of benzene rings is 1. The largest absolute Gasteiger partial charge is 0.444 e. The zero-order chi connectivity index (χ0) is 16.7. The van der Waals surface area contributed by atoms with Crippen molar-refractivity contribution in [1.82, 2.24) is 14.8 Å². The van der Waals surface area contributed by atoms with Crippen LogP contribution in [0.5, 0.6) is 0 Å². The standard InChI is InChI=1S/C18H19N3O3/c1-20-7-6-14-9-21(10-15(14)18(20)23)17(22)13-4-2-12(3-5-13)16-8-19-11-24-16/h2-5,8,11,14-15H,6-7,9-10H2,1H3/t14-,15+/m1/s1. The Morgan fingerprint density at radius 2 is 2.04 bits per heavy atom. The number of piperidine rings is 1. The summed E-state index contributed by atoms with van der Waals surface area (Å²) in [6.07, 6.45) is 4.00. The van der Waals surface area contributed by atoms with Gasteiger partial charge in [-0.3, -0.25) is 9.59 Å². The Bertz CT molecular complexity index is 754. The van der Waals surface area contributed by atoms with Crippen LogP contribution < -0.4 is 0 Å². The number of rotatable bonds is 2. The maximum Gasteiger partial charge on any atom is 0.253 e. The number of hydrogen-bond acceptors (Lipinski definition) is 4. The van der Waals surface area contributed by atoms with Crippen molar-refractivity contribution in [1.29, 1.82) is 0 Å². The van der Waals surface area contributed by atoms with Crippen molar-refractivity contribution >= 4 is 11.8 Å². The number of aromatic nitrogens is 1. The van der Waals surface area contributed by atoms with Gasteiger partial charge in [0.15, 0.2) is 12.2 Å². The molecule has 3 heterocycles. The lowest BCUT2D eigenvalue weighted by molar-refractivity contribution is -0.137. The van der Waals surface area contributed by atoms with E-state index in [0.29, 0.717) is 30.3 Å². The molecule has 2 aromatic rings. The number of carbonyl (C=O) groups is 2. The molecule has 2 aliphatic heterocycles. The minimum atomic E-state index is -0.0406. The molecule has 124 valence electrons. The SMILES string of the molecule is CN1CC[C@@H]2CN(C(=O)c3ccc(-c4cnco4)cc3)C[C@@H]2C1=O. The van der Waals surface area contributed by atoms with Gasteiger partial charge < -0.3 is 14.2 Å². The zero-order valence-corrected chi connectivity index (χ0v) is 13.5. The van der Waals surface area contributed by atoms with E-state index in [2.05, 4.69) is 4.98 Å². The fourth-order valence-electron chi connectivity index (χ4n) is 3.68. The van der Waals surface area contributed by atoms with Gasteiger partial charge in [-0.15, -0.1) is 0 Å². The van der Waals surface area contributed by atoms with Gasteiger partial charge in [0.2, 0.25) is 5.91 Å². The van der Waals surface area contributed by atoms with Gasteiger partial charge in [-0.1, -0.05) is 12.1 Å². The first-order chi connectivity index (χ1) is 11.6. The summed E-state index contributed by atoms with van der Waals surface area (Å²) in [7, 11) is 1.84. The highest BCUT2D eigenvalue weighted by molar-refractivity contribution is 5.95. The number of amides is 2. The lowest BCUT2D eigenvalue weighted by Crippen LogP contribution is -2.42. The second-order valence-electron chi connectivity index (χ2n) is 6.57. The number of nitrogens with zero attached hydrogens (tertiary/aromatic N) is 3. The van der Waals surface area contributed by atoms with Gasteiger partial charge in [0.1, 0.15) is 0 Å². The fraction of sp³-hybridized carbons (Fsp3) is 0.389. The van der Waals surface area contributed by atoms with E-state index in [1.54, 1.807) is 23.2 Å². The Morgan fingerprint density at radius 1 is 1.25 bits per heavy atom. The molecule has 0 saturated carbocycles. The lowest BCUT2D eigenvalue weighted by atomic mass is 9.88. The molecule has 4 rings (SSSR count). The number of oxazole rings is 1. The minimum absolute atomic E-state index is 0.0102. The predicted molar refractivity (Wildman–Crippen MR) is 87.1 cm³/mol. The Morgan fingerprint density at radius 3 is 2.75 bits per heavy atom. The summed E-state index contributed by atoms with van der Waals surface area (Å²) in [5, 5.41) is 0. The van der Waals surface area contributed by atoms with Gasteiger partial charge in [0.25, 0.3) is 5.91 Å². The van der Waals surface area contributed by atoms with E-state index in [4.69, 9.17) is 4.42 Å². The highest BCUT2D eigenvalue weighted by atomic mass is 16.3.